The molecule has 0 radical (unpaired) electrons. The molecule has 2 fully saturated rings. The van der Waals surface area contributed by atoms with E-state index in [2.05, 4.69) is 36.1 Å². The van der Waals surface area contributed by atoms with Crippen molar-refractivity contribution in [2.24, 2.45) is 16.8 Å². The summed E-state index contributed by atoms with van der Waals surface area (Å²) in [4.78, 5) is 15.1. The van der Waals surface area contributed by atoms with E-state index in [1.165, 1.54) is 24.8 Å². The number of nitrogens with zero attached hydrogens (tertiary/aromatic N) is 1. The van der Waals surface area contributed by atoms with Crippen molar-refractivity contribution in [2.75, 3.05) is 18.4 Å². The Morgan fingerprint density at radius 3 is 2.39 bits per heavy atom. The van der Waals surface area contributed by atoms with Crippen LogP contribution in [0.25, 0.3) is 0 Å². The molecule has 4 nitrogen and oxygen atoms in total. The predicted molar refractivity (Wildman–Crippen MR) is 147 cm³/mol. The second kappa shape index (κ2) is 18.3. The Hall–Kier alpha value is -2.20. The Bertz CT molecular complexity index is 758. The van der Waals surface area contributed by atoms with Crippen LogP contribution in [0.4, 0.5) is 5.69 Å². The molecule has 1 aliphatic heterocycles. The molecule has 0 aromatic heterocycles. The first kappa shape index (κ1) is 30.8. The maximum atomic E-state index is 10.6. The minimum absolute atomic E-state index is 0.460. The number of aliphatic imine (C=N–C) groups is 1. The lowest BCUT2D eigenvalue weighted by Gasteiger charge is -2.31. The summed E-state index contributed by atoms with van der Waals surface area (Å²) in [5.41, 5.74) is 5.46. The average Bonchev–Trinajstić information content (AvgIpc) is 2.81. The van der Waals surface area contributed by atoms with E-state index in [0.29, 0.717) is 6.42 Å². The number of aldehydes is 1. The molecule has 0 unspecified atom stereocenters. The Labute approximate surface area is 204 Å². The summed E-state index contributed by atoms with van der Waals surface area (Å²) in [6.45, 7) is 22.4. The van der Waals surface area contributed by atoms with E-state index < -0.39 is 0 Å². The first-order valence-corrected chi connectivity index (χ1v) is 12.8. The van der Waals surface area contributed by atoms with Gasteiger partial charge in [-0.1, -0.05) is 60.6 Å². The first-order valence-electron chi connectivity index (χ1n) is 12.8. The van der Waals surface area contributed by atoms with Gasteiger partial charge < -0.3 is 15.4 Å². The number of anilines is 1. The molecule has 1 saturated heterocycles. The fourth-order valence-corrected chi connectivity index (χ4v) is 3.82. The third-order valence-corrected chi connectivity index (χ3v) is 5.80. The zero-order valence-electron chi connectivity index (χ0n) is 22.6. The summed E-state index contributed by atoms with van der Waals surface area (Å²) < 4.78 is 0. The summed E-state index contributed by atoms with van der Waals surface area (Å²) in [5.74, 6) is 2.97. The molecule has 1 aromatic carbocycles. The van der Waals surface area contributed by atoms with Gasteiger partial charge in [0.25, 0.3) is 0 Å². The van der Waals surface area contributed by atoms with Crippen LogP contribution in [-0.2, 0) is 11.2 Å². The molecule has 0 amide bonds. The van der Waals surface area contributed by atoms with Crippen molar-refractivity contribution in [3.8, 4) is 0 Å². The molecule has 1 heterocycles. The number of aryl methyl sites for hydroxylation is 1. The van der Waals surface area contributed by atoms with Crippen LogP contribution in [-0.4, -0.2) is 25.2 Å². The predicted octanol–water partition coefficient (Wildman–Crippen LogP) is 7.50. The van der Waals surface area contributed by atoms with Gasteiger partial charge in [-0.2, -0.15) is 0 Å². The molecule has 0 spiro atoms. The fourth-order valence-electron chi connectivity index (χ4n) is 3.82. The molecule has 1 saturated carbocycles. The highest BCUT2D eigenvalue weighted by atomic mass is 16.1. The van der Waals surface area contributed by atoms with Crippen LogP contribution in [0.5, 0.6) is 0 Å². The third kappa shape index (κ3) is 12.0. The van der Waals surface area contributed by atoms with Crippen molar-refractivity contribution in [3.63, 3.8) is 0 Å². The number of amidine groups is 1. The van der Waals surface area contributed by atoms with Crippen LogP contribution in [0.3, 0.4) is 0 Å². The number of nitrogens with one attached hydrogen (secondary N) is 2. The highest BCUT2D eigenvalue weighted by Gasteiger charge is 2.22. The van der Waals surface area contributed by atoms with Crippen LogP contribution >= 0.6 is 0 Å². The number of rotatable bonds is 5. The molecule has 3 rings (SSSR count). The van der Waals surface area contributed by atoms with Gasteiger partial charge in [-0.05, 0) is 85.9 Å². The summed E-state index contributed by atoms with van der Waals surface area (Å²) in [5, 5.41) is 6.56. The summed E-state index contributed by atoms with van der Waals surface area (Å²) in [7, 11) is 0. The molecule has 0 atom stereocenters. The minimum atomic E-state index is 0.460. The summed E-state index contributed by atoms with van der Waals surface area (Å²) in [6.07, 6.45) is 8.66. The average molecular weight is 456 g/mol. The maximum Gasteiger partial charge on any atom is 0.124 e. The van der Waals surface area contributed by atoms with Gasteiger partial charge in [-0.3, -0.25) is 0 Å². The molecular weight excluding hydrogens is 406 g/mol. The summed E-state index contributed by atoms with van der Waals surface area (Å²) >= 11 is 0. The lowest BCUT2D eigenvalue weighted by molar-refractivity contribution is -0.107. The van der Waals surface area contributed by atoms with Crippen molar-refractivity contribution >= 4 is 17.8 Å². The Balaban J connectivity index is 0.000000776. The maximum absolute atomic E-state index is 10.6. The smallest absolute Gasteiger partial charge is 0.124 e. The van der Waals surface area contributed by atoms with Crippen LogP contribution in [0.1, 0.15) is 85.3 Å². The Morgan fingerprint density at radius 2 is 1.91 bits per heavy atom. The molecule has 1 aromatic rings. The lowest BCUT2D eigenvalue weighted by atomic mass is 9.75. The van der Waals surface area contributed by atoms with Gasteiger partial charge in [0, 0.05) is 24.9 Å². The van der Waals surface area contributed by atoms with E-state index in [9.17, 15) is 4.79 Å². The Kier molecular flexibility index (Phi) is 17.0. The highest BCUT2D eigenvalue weighted by molar-refractivity contribution is 5.94. The van der Waals surface area contributed by atoms with Gasteiger partial charge in [0.2, 0.25) is 0 Å². The SMILES string of the molecule is C=C1CNCC/C1=C/N=C(C)Nc1ccc(CC=O)c(C)c1.CC.CC.CCC1CC(C)C1. The van der Waals surface area contributed by atoms with E-state index in [-0.39, 0.29) is 0 Å². The van der Waals surface area contributed by atoms with E-state index in [1.54, 1.807) is 0 Å². The fraction of sp³-hybridized carbons (Fsp3) is 0.586. The third-order valence-electron chi connectivity index (χ3n) is 5.80. The number of piperidine rings is 1. The van der Waals surface area contributed by atoms with Crippen molar-refractivity contribution in [3.05, 3.63) is 53.3 Å². The van der Waals surface area contributed by atoms with Crippen LogP contribution in [0, 0.1) is 18.8 Å². The van der Waals surface area contributed by atoms with Gasteiger partial charge in [0.1, 0.15) is 12.1 Å². The normalized spacial score (nSPS) is 20.7. The monoisotopic (exact) mass is 455 g/mol. The standard InChI is InChI=1S/C18H23N3O.C7H14.2C2H6/c1-13-10-18(5-4-16(13)7-9-22)21-15(3)20-12-17-6-8-19-11-14(17)2;1-3-7-4-6(2)5-7;2*1-2/h4-5,9-10,12,19H,2,6-8,11H2,1,3H3,(H,20,21);6-7H,3-5H2,1-2H3;2*1-2H3/b17-12-;;;. The molecule has 186 valence electrons. The lowest BCUT2D eigenvalue weighted by Crippen LogP contribution is -2.25. The topological polar surface area (TPSA) is 53.5 Å². The molecule has 2 aliphatic rings. The Morgan fingerprint density at radius 1 is 1.24 bits per heavy atom. The largest absolute Gasteiger partial charge is 0.344 e. The quantitative estimate of drug-likeness (QED) is 0.275. The van der Waals surface area contributed by atoms with E-state index >= 15 is 0 Å². The minimum Gasteiger partial charge on any atom is -0.344 e. The zero-order valence-corrected chi connectivity index (χ0v) is 22.6. The van der Waals surface area contributed by atoms with Crippen LogP contribution in [0.2, 0.25) is 0 Å². The van der Waals surface area contributed by atoms with Gasteiger partial charge in [-0.15, -0.1) is 0 Å². The zero-order chi connectivity index (χ0) is 25.2. The number of hydrogen-bond donors (Lipinski definition) is 2. The van der Waals surface area contributed by atoms with Crippen LogP contribution < -0.4 is 10.6 Å². The van der Waals surface area contributed by atoms with Crippen molar-refractivity contribution in [1.29, 1.82) is 0 Å². The number of carbonyl (C=O) groups excluding carboxylic acids is 1. The second-order valence-electron chi connectivity index (χ2n) is 8.39. The highest BCUT2D eigenvalue weighted by Crippen LogP contribution is 2.34. The second-order valence-corrected chi connectivity index (χ2v) is 8.39. The molecule has 33 heavy (non-hydrogen) atoms. The molecule has 2 N–H and O–H groups in total. The van der Waals surface area contributed by atoms with Crippen molar-refractivity contribution in [2.45, 2.75) is 87.5 Å². The molecular formula is C29H49N3O. The van der Waals surface area contributed by atoms with Gasteiger partial charge in [0.05, 0.1) is 0 Å². The van der Waals surface area contributed by atoms with Crippen LogP contribution in [0.15, 0.2) is 47.1 Å². The van der Waals surface area contributed by atoms with Crippen molar-refractivity contribution in [1.82, 2.24) is 5.32 Å². The number of benzene rings is 1. The number of hydrogen-bond acceptors (Lipinski definition) is 3. The van der Waals surface area contributed by atoms with Gasteiger partial charge in [-0.25, -0.2) is 4.99 Å². The molecule has 4 heteroatoms. The van der Waals surface area contributed by atoms with Crippen molar-refractivity contribution < 1.29 is 4.79 Å². The van der Waals surface area contributed by atoms with E-state index in [0.717, 1.165) is 65.9 Å². The molecule has 1 aliphatic carbocycles. The van der Waals surface area contributed by atoms with Gasteiger partial charge in [0.15, 0.2) is 0 Å². The summed E-state index contributed by atoms with van der Waals surface area (Å²) in [6, 6.07) is 5.99. The first-order chi connectivity index (χ1) is 15.9. The van der Waals surface area contributed by atoms with E-state index in [1.807, 2.05) is 65.9 Å². The molecule has 0 bridgehead atoms. The number of carbonyl (C=O) groups is 1. The van der Waals surface area contributed by atoms with Gasteiger partial charge >= 0.3 is 0 Å². The van der Waals surface area contributed by atoms with E-state index in [4.69, 9.17) is 0 Å².